The molecular formula is C24H29BrFN5O3. The van der Waals surface area contributed by atoms with Crippen molar-refractivity contribution in [3.63, 3.8) is 0 Å². The predicted molar refractivity (Wildman–Crippen MR) is 131 cm³/mol. The van der Waals surface area contributed by atoms with E-state index in [1.54, 1.807) is 33.8 Å². The van der Waals surface area contributed by atoms with Crippen molar-refractivity contribution in [3.8, 4) is 11.6 Å². The molecule has 1 fully saturated rings. The Kier molecular flexibility index (Phi) is 7.09. The molecule has 10 heteroatoms. The minimum absolute atomic E-state index is 0.214. The molecule has 3 heterocycles. The monoisotopic (exact) mass is 533 g/mol. The van der Waals surface area contributed by atoms with E-state index in [0.717, 1.165) is 25.9 Å². The first kappa shape index (κ1) is 24.4. The minimum atomic E-state index is -0.667. The fraction of sp³-hybridized carbons (Fsp3) is 0.458. The molecule has 0 radical (unpaired) electrons. The molecule has 0 atom stereocenters. The molecule has 8 nitrogen and oxygen atoms in total. The first-order valence-electron chi connectivity index (χ1n) is 11.3. The molecule has 2 aromatic heterocycles. The number of hydrogen-bond donors (Lipinski definition) is 0. The lowest BCUT2D eigenvalue weighted by Gasteiger charge is -2.34. The maximum Gasteiger partial charge on any atom is 0.416 e. The van der Waals surface area contributed by atoms with Gasteiger partial charge in [0.1, 0.15) is 23.0 Å². The van der Waals surface area contributed by atoms with Gasteiger partial charge in [0.15, 0.2) is 5.65 Å². The van der Waals surface area contributed by atoms with Crippen molar-refractivity contribution in [2.75, 3.05) is 31.6 Å². The maximum atomic E-state index is 13.7. The van der Waals surface area contributed by atoms with Gasteiger partial charge in [-0.3, -0.25) is 4.90 Å². The Morgan fingerprint density at radius 2 is 2.00 bits per heavy atom. The summed E-state index contributed by atoms with van der Waals surface area (Å²) in [7, 11) is 2.10. The fourth-order valence-corrected chi connectivity index (χ4v) is 4.22. The second-order valence-electron chi connectivity index (χ2n) is 9.58. The van der Waals surface area contributed by atoms with Gasteiger partial charge in [0, 0.05) is 18.7 Å². The van der Waals surface area contributed by atoms with E-state index in [-0.39, 0.29) is 5.88 Å². The van der Waals surface area contributed by atoms with Crippen LogP contribution in [0.15, 0.2) is 41.0 Å². The van der Waals surface area contributed by atoms with Crippen molar-refractivity contribution in [1.82, 2.24) is 19.5 Å². The second kappa shape index (κ2) is 9.87. The highest BCUT2D eigenvalue weighted by Gasteiger charge is 2.30. The summed E-state index contributed by atoms with van der Waals surface area (Å²) in [5.41, 5.74) is -0.194. The van der Waals surface area contributed by atoms with Crippen LogP contribution in [0.25, 0.3) is 5.65 Å². The molecule has 1 aromatic carbocycles. The summed E-state index contributed by atoms with van der Waals surface area (Å²) in [6.45, 7) is 7.93. The van der Waals surface area contributed by atoms with Gasteiger partial charge in [-0.15, -0.1) is 0 Å². The van der Waals surface area contributed by atoms with E-state index >= 15 is 0 Å². The molecule has 1 aliphatic rings. The average molecular weight is 534 g/mol. The normalized spacial score (nSPS) is 15.5. The molecule has 0 N–H and O–H groups in total. The highest BCUT2D eigenvalue weighted by atomic mass is 79.9. The molecule has 1 saturated heterocycles. The molecule has 4 rings (SSSR count). The topological polar surface area (TPSA) is 72.2 Å². The molecule has 0 saturated carbocycles. The number of rotatable bonds is 5. The number of carbonyl (C=O) groups is 1. The third-order valence-corrected chi connectivity index (χ3v) is 6.13. The number of ether oxygens (including phenoxy) is 2. The SMILES string of the molecule is CN1CCC(CN(C(=O)OC(C)(C)C)c2cc(Oc3cccc(F)c3)nc3c(Br)cnn23)CC1. The first-order chi connectivity index (χ1) is 16.1. The summed E-state index contributed by atoms with van der Waals surface area (Å²) in [4.78, 5) is 21.8. The Morgan fingerprint density at radius 3 is 2.68 bits per heavy atom. The van der Waals surface area contributed by atoms with Crippen LogP contribution in [0, 0.1) is 11.7 Å². The van der Waals surface area contributed by atoms with Gasteiger partial charge in [-0.1, -0.05) is 6.07 Å². The van der Waals surface area contributed by atoms with Gasteiger partial charge in [0.2, 0.25) is 5.88 Å². The van der Waals surface area contributed by atoms with Crippen LogP contribution in [-0.4, -0.2) is 57.9 Å². The second-order valence-corrected chi connectivity index (χ2v) is 10.4. The molecule has 1 aliphatic heterocycles. The zero-order chi connectivity index (χ0) is 24.5. The lowest BCUT2D eigenvalue weighted by Crippen LogP contribution is -2.43. The molecule has 3 aromatic rings. The van der Waals surface area contributed by atoms with E-state index in [0.29, 0.717) is 34.1 Å². The van der Waals surface area contributed by atoms with Gasteiger partial charge < -0.3 is 14.4 Å². The van der Waals surface area contributed by atoms with Gasteiger partial charge in [0.05, 0.1) is 10.7 Å². The number of benzene rings is 1. The quantitative estimate of drug-likeness (QED) is 0.430. The van der Waals surface area contributed by atoms with E-state index in [1.165, 1.54) is 12.1 Å². The zero-order valence-electron chi connectivity index (χ0n) is 19.8. The minimum Gasteiger partial charge on any atom is -0.443 e. The smallest absolute Gasteiger partial charge is 0.416 e. The Balaban J connectivity index is 1.75. The standard InChI is InChI=1S/C24H29BrFN5O3/c1-24(2,3)34-23(32)30(15-16-8-10-29(4)11-9-16)21-13-20(28-22-19(25)14-27-31(21)22)33-18-7-5-6-17(26)12-18/h5-7,12-14,16H,8-11,15H2,1-4H3. The number of aromatic nitrogens is 3. The fourth-order valence-electron chi connectivity index (χ4n) is 3.88. The van der Waals surface area contributed by atoms with E-state index in [2.05, 4.69) is 38.0 Å². The highest BCUT2D eigenvalue weighted by Crippen LogP contribution is 2.31. The summed E-state index contributed by atoms with van der Waals surface area (Å²) in [6, 6.07) is 7.46. The van der Waals surface area contributed by atoms with Crippen LogP contribution in [0.1, 0.15) is 33.6 Å². The van der Waals surface area contributed by atoms with Gasteiger partial charge >= 0.3 is 6.09 Å². The lowest BCUT2D eigenvalue weighted by molar-refractivity contribution is 0.0567. The Hall–Kier alpha value is -2.72. The van der Waals surface area contributed by atoms with Crippen molar-refractivity contribution in [3.05, 3.63) is 46.8 Å². The molecule has 0 bridgehead atoms. The van der Waals surface area contributed by atoms with Crippen molar-refractivity contribution in [2.45, 2.75) is 39.2 Å². The maximum absolute atomic E-state index is 13.7. The van der Waals surface area contributed by atoms with E-state index < -0.39 is 17.5 Å². The highest BCUT2D eigenvalue weighted by molar-refractivity contribution is 9.10. The van der Waals surface area contributed by atoms with E-state index in [1.807, 2.05) is 20.8 Å². The summed E-state index contributed by atoms with van der Waals surface area (Å²) < 4.78 is 27.6. The Morgan fingerprint density at radius 1 is 1.26 bits per heavy atom. The number of anilines is 1. The van der Waals surface area contributed by atoms with Gasteiger partial charge in [-0.05, 0) is 87.7 Å². The van der Waals surface area contributed by atoms with Crippen LogP contribution in [0.4, 0.5) is 15.0 Å². The number of likely N-dealkylation sites (tertiary alicyclic amines) is 1. The summed E-state index contributed by atoms with van der Waals surface area (Å²) in [6.07, 6.45) is 3.09. The number of carbonyl (C=O) groups excluding carboxylic acids is 1. The average Bonchev–Trinajstić information content (AvgIpc) is 3.12. The van der Waals surface area contributed by atoms with Crippen molar-refractivity contribution in [2.24, 2.45) is 5.92 Å². The number of hydrogen-bond acceptors (Lipinski definition) is 6. The Bertz CT molecular complexity index is 1170. The number of fused-ring (bicyclic) bond motifs is 1. The van der Waals surface area contributed by atoms with Gasteiger partial charge in [-0.2, -0.15) is 14.6 Å². The molecule has 0 spiro atoms. The van der Waals surface area contributed by atoms with E-state index in [4.69, 9.17) is 9.47 Å². The number of halogens is 2. The predicted octanol–water partition coefficient (Wildman–Crippen LogP) is 5.51. The third kappa shape index (κ3) is 5.85. The first-order valence-corrected chi connectivity index (χ1v) is 12.0. The van der Waals surface area contributed by atoms with Crippen molar-refractivity contribution < 1.29 is 18.7 Å². The van der Waals surface area contributed by atoms with Crippen LogP contribution in [0.2, 0.25) is 0 Å². The summed E-state index contributed by atoms with van der Waals surface area (Å²) in [5, 5.41) is 4.42. The number of piperidine rings is 1. The molecule has 0 unspecified atom stereocenters. The lowest BCUT2D eigenvalue weighted by atomic mass is 9.96. The Labute approximate surface area is 206 Å². The third-order valence-electron chi connectivity index (χ3n) is 5.57. The summed E-state index contributed by atoms with van der Waals surface area (Å²) >= 11 is 3.47. The van der Waals surface area contributed by atoms with Crippen molar-refractivity contribution >= 4 is 33.5 Å². The zero-order valence-corrected chi connectivity index (χ0v) is 21.4. The molecular weight excluding hydrogens is 505 g/mol. The van der Waals surface area contributed by atoms with Crippen molar-refractivity contribution in [1.29, 1.82) is 0 Å². The molecule has 34 heavy (non-hydrogen) atoms. The van der Waals surface area contributed by atoms with Gasteiger partial charge in [-0.25, -0.2) is 9.18 Å². The number of amides is 1. The van der Waals surface area contributed by atoms with Crippen LogP contribution in [-0.2, 0) is 4.74 Å². The number of nitrogens with zero attached hydrogens (tertiary/aromatic N) is 5. The summed E-state index contributed by atoms with van der Waals surface area (Å²) in [5.74, 6) is 0.875. The van der Waals surface area contributed by atoms with Crippen LogP contribution in [0.3, 0.4) is 0 Å². The molecule has 0 aliphatic carbocycles. The largest absolute Gasteiger partial charge is 0.443 e. The van der Waals surface area contributed by atoms with E-state index in [9.17, 15) is 9.18 Å². The molecule has 1 amide bonds. The van der Waals surface area contributed by atoms with Crippen LogP contribution >= 0.6 is 15.9 Å². The molecule has 182 valence electrons. The van der Waals surface area contributed by atoms with Crippen LogP contribution < -0.4 is 9.64 Å². The van der Waals surface area contributed by atoms with Crippen LogP contribution in [0.5, 0.6) is 11.6 Å². The van der Waals surface area contributed by atoms with Gasteiger partial charge in [0.25, 0.3) is 0 Å².